The zero-order chi connectivity index (χ0) is 23.4. The second kappa shape index (κ2) is 6.70. The Balaban J connectivity index is 1.48. The monoisotopic (exact) mass is 460 g/mol. The minimum Gasteiger partial charge on any atom is -0.504 e. The Labute approximate surface area is 199 Å². The Bertz CT molecular complexity index is 1260. The predicted octanol–water partition coefficient (Wildman–Crippen LogP) is 3.35. The Morgan fingerprint density at radius 1 is 1.18 bits per heavy atom. The molecule has 2 bridgehead atoms. The van der Waals surface area contributed by atoms with Crippen molar-refractivity contribution in [2.75, 3.05) is 19.7 Å². The average molecular weight is 461 g/mol. The molecule has 34 heavy (non-hydrogen) atoms. The van der Waals surface area contributed by atoms with Gasteiger partial charge in [-0.3, -0.25) is 4.90 Å². The van der Waals surface area contributed by atoms with Crippen molar-refractivity contribution in [2.45, 2.75) is 62.1 Å². The highest BCUT2D eigenvalue weighted by atomic mass is 16.5. The summed E-state index contributed by atoms with van der Waals surface area (Å²) in [7, 11) is 0. The van der Waals surface area contributed by atoms with Gasteiger partial charge in [0.1, 0.15) is 12.4 Å². The lowest BCUT2D eigenvalue weighted by atomic mass is 9.49. The van der Waals surface area contributed by atoms with Gasteiger partial charge in [0.15, 0.2) is 11.5 Å². The molecule has 178 valence electrons. The van der Waals surface area contributed by atoms with Crippen molar-refractivity contribution in [1.29, 1.82) is 0 Å². The van der Waals surface area contributed by atoms with Crippen LogP contribution in [0.15, 0.2) is 25.3 Å². The number of rotatable bonds is 3. The van der Waals surface area contributed by atoms with Crippen molar-refractivity contribution < 1.29 is 20.1 Å². The number of likely N-dealkylation sites (tertiary alicyclic amines) is 1. The molecule has 1 aromatic heterocycles. The number of nitrogens with zero attached hydrogens (tertiary/aromatic N) is 2. The van der Waals surface area contributed by atoms with Gasteiger partial charge in [0.05, 0.1) is 17.8 Å². The summed E-state index contributed by atoms with van der Waals surface area (Å²) in [6.07, 6.45) is 6.97. The van der Waals surface area contributed by atoms with E-state index in [0.717, 1.165) is 59.9 Å². The predicted molar refractivity (Wildman–Crippen MR) is 130 cm³/mol. The van der Waals surface area contributed by atoms with Crippen molar-refractivity contribution in [3.05, 3.63) is 58.9 Å². The van der Waals surface area contributed by atoms with Crippen LogP contribution < -0.4 is 0 Å². The molecule has 2 fully saturated rings. The van der Waals surface area contributed by atoms with Gasteiger partial charge in [0, 0.05) is 47.7 Å². The lowest BCUT2D eigenvalue weighted by Gasteiger charge is -2.63. The molecule has 3 N–H and O–H groups in total. The maximum Gasteiger partial charge on any atom is 0.161 e. The fourth-order valence-electron chi connectivity index (χ4n) is 7.76. The summed E-state index contributed by atoms with van der Waals surface area (Å²) in [6.45, 7) is 11.5. The van der Waals surface area contributed by atoms with Crippen LogP contribution in [0.2, 0.25) is 0 Å². The molecule has 3 aliphatic carbocycles. The van der Waals surface area contributed by atoms with E-state index in [2.05, 4.69) is 22.6 Å². The summed E-state index contributed by atoms with van der Waals surface area (Å²) in [5.41, 5.74) is 4.40. The van der Waals surface area contributed by atoms with Crippen molar-refractivity contribution in [2.24, 2.45) is 5.92 Å². The third-order valence-electron chi connectivity index (χ3n) is 9.47. The van der Waals surface area contributed by atoms with Crippen LogP contribution in [0.5, 0.6) is 11.5 Å². The van der Waals surface area contributed by atoms with Gasteiger partial charge < -0.3 is 24.6 Å². The Morgan fingerprint density at radius 3 is 2.76 bits per heavy atom. The zero-order valence-corrected chi connectivity index (χ0v) is 19.5. The van der Waals surface area contributed by atoms with Crippen LogP contribution in [0.1, 0.15) is 52.9 Å². The highest BCUT2D eigenvalue weighted by Gasteiger charge is 2.66. The number of phenols is 2. The second-order valence-electron chi connectivity index (χ2n) is 11.1. The van der Waals surface area contributed by atoms with Gasteiger partial charge in [0.25, 0.3) is 0 Å². The number of aromatic hydroxyl groups is 2. The van der Waals surface area contributed by atoms with E-state index < -0.39 is 11.0 Å². The second-order valence-corrected chi connectivity index (χ2v) is 11.1. The molecule has 2 unspecified atom stereocenters. The van der Waals surface area contributed by atoms with Crippen molar-refractivity contribution in [3.63, 3.8) is 0 Å². The van der Waals surface area contributed by atoms with Crippen LogP contribution in [-0.4, -0.2) is 56.1 Å². The molecule has 1 saturated heterocycles. The zero-order valence-electron chi connectivity index (χ0n) is 19.5. The van der Waals surface area contributed by atoms with E-state index >= 15 is 0 Å². The SMILES string of the molecule is C=Cc1c2c(n3c1C(=C)OCC3)C[C@]13CCN(CC4CC4)C(Cc4ccc(O)c(O)c41)C3(O)C2. The number of aromatic nitrogens is 1. The van der Waals surface area contributed by atoms with Crippen LogP contribution in [0.3, 0.4) is 0 Å². The van der Waals surface area contributed by atoms with Gasteiger partial charge in [-0.2, -0.15) is 0 Å². The largest absolute Gasteiger partial charge is 0.504 e. The average Bonchev–Trinajstić information content (AvgIpc) is 3.58. The maximum atomic E-state index is 12.8. The molecule has 6 nitrogen and oxygen atoms in total. The van der Waals surface area contributed by atoms with Gasteiger partial charge in [-0.15, -0.1) is 0 Å². The van der Waals surface area contributed by atoms with E-state index in [4.69, 9.17) is 4.74 Å². The molecule has 3 atom stereocenters. The third kappa shape index (κ3) is 2.43. The number of aliphatic hydroxyl groups is 1. The smallest absolute Gasteiger partial charge is 0.161 e. The van der Waals surface area contributed by atoms with E-state index in [1.54, 1.807) is 6.07 Å². The first kappa shape index (κ1) is 20.7. The lowest BCUT2D eigenvalue weighted by molar-refractivity contribution is -0.152. The third-order valence-corrected chi connectivity index (χ3v) is 9.47. The number of fused-ring (bicyclic) bond motifs is 4. The molecular weight excluding hydrogens is 428 g/mol. The van der Waals surface area contributed by atoms with Gasteiger partial charge in [-0.25, -0.2) is 0 Å². The molecule has 2 aliphatic heterocycles. The number of hydrogen-bond donors (Lipinski definition) is 3. The molecule has 3 heterocycles. The van der Waals surface area contributed by atoms with Gasteiger partial charge in [-0.1, -0.05) is 25.3 Å². The normalized spacial score (nSPS) is 31.7. The maximum absolute atomic E-state index is 12.8. The van der Waals surface area contributed by atoms with Crippen LogP contribution in [0.25, 0.3) is 11.8 Å². The number of ether oxygens (including phenoxy) is 1. The minimum atomic E-state index is -1.05. The molecular formula is C28H32N2O4. The quantitative estimate of drug-likeness (QED) is 0.613. The highest BCUT2D eigenvalue weighted by molar-refractivity contribution is 5.73. The Kier molecular flexibility index (Phi) is 4.07. The van der Waals surface area contributed by atoms with Crippen LogP contribution >= 0.6 is 0 Å². The first-order chi connectivity index (χ1) is 16.4. The van der Waals surface area contributed by atoms with E-state index in [9.17, 15) is 15.3 Å². The molecule has 0 radical (unpaired) electrons. The Morgan fingerprint density at radius 2 is 2.00 bits per heavy atom. The first-order valence-corrected chi connectivity index (χ1v) is 12.6. The van der Waals surface area contributed by atoms with Crippen molar-refractivity contribution in [1.82, 2.24) is 9.47 Å². The standard InChI is InChI=1S/C28H32N2O4/c1-3-19-20-13-28(33)23-12-18-6-7-22(31)26(32)24(18)27(28,8-9-29(23)15-17-4-5-17)14-21(20)30-10-11-34-16(2)25(19)30/h3,6-7,17,23,31-33H,1-2,4-5,8-15H2/t23?,27-,28?/m1/s1. The fraction of sp³-hybridized carbons (Fsp3) is 0.500. The summed E-state index contributed by atoms with van der Waals surface area (Å²) in [4.78, 5) is 2.51. The molecule has 7 rings (SSSR count). The van der Waals surface area contributed by atoms with E-state index in [1.807, 2.05) is 12.1 Å². The van der Waals surface area contributed by atoms with E-state index in [1.165, 1.54) is 18.5 Å². The summed E-state index contributed by atoms with van der Waals surface area (Å²) in [6, 6.07) is 3.52. The number of piperidine rings is 1. The molecule has 2 aromatic rings. The molecule has 1 aromatic carbocycles. The van der Waals surface area contributed by atoms with Crippen molar-refractivity contribution in [3.8, 4) is 11.5 Å². The van der Waals surface area contributed by atoms with E-state index in [0.29, 0.717) is 31.6 Å². The highest BCUT2D eigenvalue weighted by Crippen LogP contribution is 2.61. The van der Waals surface area contributed by atoms with Crippen LogP contribution in [0.4, 0.5) is 0 Å². The first-order valence-electron chi connectivity index (χ1n) is 12.6. The van der Waals surface area contributed by atoms with E-state index in [-0.39, 0.29) is 17.5 Å². The number of hydrogen-bond acceptors (Lipinski definition) is 5. The lowest BCUT2D eigenvalue weighted by Crippen LogP contribution is -2.74. The Hall–Kier alpha value is -2.70. The number of benzene rings is 1. The van der Waals surface area contributed by atoms with Crippen LogP contribution in [-0.2, 0) is 36.0 Å². The minimum absolute atomic E-state index is 0.0273. The van der Waals surface area contributed by atoms with Gasteiger partial charge in [0.2, 0.25) is 0 Å². The summed E-state index contributed by atoms with van der Waals surface area (Å²) in [5.74, 6) is 1.22. The number of phenolic OH excluding ortho intramolecular Hbond substituents is 2. The van der Waals surface area contributed by atoms with Gasteiger partial charge >= 0.3 is 0 Å². The fourth-order valence-corrected chi connectivity index (χ4v) is 7.76. The van der Waals surface area contributed by atoms with Crippen molar-refractivity contribution >= 4 is 11.8 Å². The topological polar surface area (TPSA) is 78.1 Å². The molecule has 0 amide bonds. The summed E-state index contributed by atoms with van der Waals surface area (Å²) >= 11 is 0. The van der Waals surface area contributed by atoms with Crippen LogP contribution in [0, 0.1) is 5.92 Å². The molecule has 5 aliphatic rings. The summed E-state index contributed by atoms with van der Waals surface area (Å²) < 4.78 is 8.10. The molecule has 6 heteroatoms. The summed E-state index contributed by atoms with van der Waals surface area (Å²) in [5, 5.41) is 34.5. The van der Waals surface area contributed by atoms with Gasteiger partial charge in [-0.05, 0) is 55.3 Å². The molecule has 1 saturated carbocycles. The molecule has 0 spiro atoms.